The Morgan fingerprint density at radius 2 is 1.53 bits per heavy atom. The van der Waals surface area contributed by atoms with E-state index in [-0.39, 0.29) is 32.4 Å². The molecular weight excluding hydrogens is 808 g/mol. The van der Waals surface area contributed by atoms with Crippen molar-refractivity contribution in [2.24, 2.45) is 0 Å². The van der Waals surface area contributed by atoms with Crippen LogP contribution in [0.4, 0.5) is 0 Å². The average molecular weight is 854 g/mol. The summed E-state index contributed by atoms with van der Waals surface area (Å²) in [5.74, 6) is 2.41. The van der Waals surface area contributed by atoms with Gasteiger partial charge in [-0.15, -0.1) is 41.3 Å². The fourth-order valence-electron chi connectivity index (χ4n) is 7.17. The second kappa shape index (κ2) is 13.9. The molecule has 3 heterocycles. The Hall–Kier alpha value is -4.47. The minimum atomic E-state index is 0. The molecule has 0 saturated carbocycles. The van der Waals surface area contributed by atoms with E-state index in [2.05, 4.69) is 153 Å². The van der Waals surface area contributed by atoms with Crippen LogP contribution >= 0.6 is 0 Å². The molecule has 6 heteroatoms. The number of fused-ring (bicyclic) bond motifs is 3. The summed E-state index contributed by atoms with van der Waals surface area (Å²) < 4.78 is 10.8. The van der Waals surface area contributed by atoms with Crippen LogP contribution in [0.15, 0.2) is 79.0 Å². The van der Waals surface area contributed by atoms with Crippen molar-refractivity contribution in [3.8, 4) is 34.1 Å². The molecule has 0 bridgehead atoms. The minimum absolute atomic E-state index is 0. The Morgan fingerprint density at radius 1 is 0.804 bits per heavy atom. The van der Waals surface area contributed by atoms with Gasteiger partial charge in [-0.25, -0.2) is 4.98 Å². The van der Waals surface area contributed by atoms with Crippen LogP contribution in [0.5, 0.6) is 11.5 Å². The summed E-state index contributed by atoms with van der Waals surface area (Å²) in [6.07, 6.45) is 2.82. The number of hydrogen-bond acceptors (Lipinski definition) is 3. The van der Waals surface area contributed by atoms with Gasteiger partial charge in [0.1, 0.15) is 5.82 Å². The molecule has 0 fully saturated rings. The summed E-state index contributed by atoms with van der Waals surface area (Å²) in [4.78, 5) is 4.77. The zero-order valence-electron chi connectivity index (χ0n) is 31.3. The van der Waals surface area contributed by atoms with Gasteiger partial charge in [-0.3, -0.25) is 4.68 Å². The first-order chi connectivity index (χ1) is 23.8. The van der Waals surface area contributed by atoms with Crippen molar-refractivity contribution in [3.05, 3.63) is 130 Å². The van der Waals surface area contributed by atoms with Crippen LogP contribution < -0.4 is 4.74 Å². The van der Waals surface area contributed by atoms with Crippen LogP contribution in [0.2, 0.25) is 0 Å². The summed E-state index contributed by atoms with van der Waals surface area (Å²) >= 11 is 0. The van der Waals surface area contributed by atoms with Gasteiger partial charge in [0.2, 0.25) is 0 Å². The average Bonchev–Trinajstić information content (AvgIpc) is 3.56. The molecule has 262 valence electrons. The maximum atomic E-state index is 6.63. The summed E-state index contributed by atoms with van der Waals surface area (Å²) in [5.41, 5.74) is 13.7. The van der Waals surface area contributed by atoms with Crippen LogP contribution in [0.1, 0.15) is 86.7 Å². The van der Waals surface area contributed by atoms with Crippen LogP contribution in [0.25, 0.3) is 44.4 Å². The van der Waals surface area contributed by atoms with E-state index >= 15 is 0 Å². The maximum Gasteiger partial charge on any atom is 2.00 e. The van der Waals surface area contributed by atoms with Crippen LogP contribution in [0, 0.1) is 39.8 Å². The zero-order chi connectivity index (χ0) is 35.5. The molecule has 0 unspecified atom stereocenters. The summed E-state index contributed by atoms with van der Waals surface area (Å²) in [7, 11) is 0. The predicted molar refractivity (Wildman–Crippen MR) is 206 cm³/mol. The molecule has 0 radical (unpaired) electrons. The fourth-order valence-corrected chi connectivity index (χ4v) is 7.17. The standard InChI is InChI=1S/C45H46N4O.Pt/c1-11-32-18-19-46-42(22-32)48-40-15-13-12-14-38(40)39-17-16-36(26-41(39)48)50-37-24-33(27(2)3)23-35(25-37)49-31(7)44(30(6)47-49)43-28(4)20-34(21-29(43)5)45(8,9)10;/h12-24,27H,11H2,1-10H3;/q-2;+2. The van der Waals surface area contributed by atoms with Crippen molar-refractivity contribution in [1.29, 1.82) is 0 Å². The number of hydrogen-bond donors (Lipinski definition) is 0. The summed E-state index contributed by atoms with van der Waals surface area (Å²) in [6, 6.07) is 32.9. The third-order valence-electron chi connectivity index (χ3n) is 9.91. The van der Waals surface area contributed by atoms with Crippen molar-refractivity contribution in [1.82, 2.24) is 19.3 Å². The van der Waals surface area contributed by atoms with Gasteiger partial charge in [0.25, 0.3) is 0 Å². The molecule has 0 aliphatic heterocycles. The number of para-hydroxylation sites is 1. The Labute approximate surface area is 317 Å². The second-order valence-electron chi connectivity index (χ2n) is 14.9. The number of aryl methyl sites for hydroxylation is 4. The third kappa shape index (κ3) is 6.69. The molecule has 0 amide bonds. The molecule has 51 heavy (non-hydrogen) atoms. The number of pyridine rings is 1. The largest absolute Gasteiger partial charge is 2.00 e. The Bertz CT molecular complexity index is 2380. The zero-order valence-corrected chi connectivity index (χ0v) is 33.6. The SMILES string of the molecule is CCc1ccnc(-n2c3[c-]c(Oc4[c-]c(-n5nc(C)c(-c6c(C)cc(C(C)(C)C)cc6C)c5C)cc(C(C)C)c4)ccc3c3ccccc32)c1.[Pt+2]. The van der Waals surface area contributed by atoms with Crippen molar-refractivity contribution >= 4 is 21.8 Å². The molecule has 0 aliphatic carbocycles. The van der Waals surface area contributed by atoms with E-state index in [1.54, 1.807) is 0 Å². The van der Waals surface area contributed by atoms with Gasteiger partial charge in [0.05, 0.1) is 5.69 Å². The van der Waals surface area contributed by atoms with Gasteiger partial charge in [-0.05, 0) is 103 Å². The van der Waals surface area contributed by atoms with E-state index in [0.29, 0.717) is 11.5 Å². The molecule has 0 aliphatic rings. The Morgan fingerprint density at radius 3 is 2.22 bits per heavy atom. The van der Waals surface area contributed by atoms with Gasteiger partial charge in [-0.1, -0.05) is 77.4 Å². The summed E-state index contributed by atoms with van der Waals surface area (Å²) in [6.45, 7) is 22.1. The van der Waals surface area contributed by atoms with Gasteiger partial charge in [0, 0.05) is 34.5 Å². The first kappa shape index (κ1) is 36.3. The molecule has 0 saturated heterocycles. The Balaban J connectivity index is 0.00000448. The van der Waals surface area contributed by atoms with E-state index in [1.807, 2.05) is 16.9 Å². The number of aromatic nitrogens is 4. The van der Waals surface area contributed by atoms with Crippen LogP contribution in [-0.4, -0.2) is 19.3 Å². The van der Waals surface area contributed by atoms with Crippen molar-refractivity contribution in [3.63, 3.8) is 0 Å². The van der Waals surface area contributed by atoms with Crippen molar-refractivity contribution in [2.45, 2.75) is 87.0 Å². The van der Waals surface area contributed by atoms with Gasteiger partial charge in [0.15, 0.2) is 0 Å². The number of nitrogens with zero attached hydrogens (tertiary/aromatic N) is 4. The monoisotopic (exact) mass is 853 g/mol. The fraction of sp³-hybridized carbons (Fsp3) is 0.289. The molecule has 7 aromatic rings. The van der Waals surface area contributed by atoms with Crippen LogP contribution in [0.3, 0.4) is 0 Å². The minimum Gasteiger partial charge on any atom is -0.509 e. The first-order valence-electron chi connectivity index (χ1n) is 17.7. The first-order valence-corrected chi connectivity index (χ1v) is 17.7. The van der Waals surface area contributed by atoms with Crippen molar-refractivity contribution < 1.29 is 25.8 Å². The molecular formula is C45H46N4OPt. The van der Waals surface area contributed by atoms with E-state index in [4.69, 9.17) is 14.8 Å². The topological polar surface area (TPSA) is 44.9 Å². The molecule has 0 atom stereocenters. The van der Waals surface area contributed by atoms with Crippen LogP contribution in [-0.2, 0) is 32.9 Å². The number of benzene rings is 4. The van der Waals surface area contributed by atoms with Gasteiger partial charge in [-0.2, -0.15) is 11.2 Å². The summed E-state index contributed by atoms with van der Waals surface area (Å²) in [5, 5.41) is 7.36. The molecule has 7 rings (SSSR count). The molecule has 4 aromatic carbocycles. The van der Waals surface area contributed by atoms with Crippen molar-refractivity contribution in [2.75, 3.05) is 0 Å². The molecule has 0 N–H and O–H groups in total. The third-order valence-corrected chi connectivity index (χ3v) is 9.91. The predicted octanol–water partition coefficient (Wildman–Crippen LogP) is 11.6. The molecule has 5 nitrogen and oxygen atoms in total. The molecule has 3 aromatic heterocycles. The van der Waals surface area contributed by atoms with E-state index < -0.39 is 0 Å². The maximum absolute atomic E-state index is 6.63. The second-order valence-corrected chi connectivity index (χ2v) is 14.9. The number of rotatable bonds is 7. The van der Waals surface area contributed by atoms with E-state index in [9.17, 15) is 0 Å². The normalized spacial score (nSPS) is 11.8. The number of ether oxygens (including phenoxy) is 1. The van der Waals surface area contributed by atoms with E-state index in [0.717, 1.165) is 56.7 Å². The smallest absolute Gasteiger partial charge is 0.509 e. The van der Waals surface area contributed by atoms with Gasteiger partial charge >= 0.3 is 21.1 Å². The van der Waals surface area contributed by atoms with Gasteiger partial charge < -0.3 is 9.30 Å². The Kier molecular flexibility index (Phi) is 9.91. The molecule has 0 spiro atoms. The van der Waals surface area contributed by atoms with E-state index in [1.165, 1.54) is 33.4 Å². The quantitative estimate of drug-likeness (QED) is 0.150.